The van der Waals surface area contributed by atoms with E-state index in [4.69, 9.17) is 10.4 Å². The van der Waals surface area contributed by atoms with Gasteiger partial charge in [-0.3, -0.25) is 10.9 Å². The molecule has 0 aliphatic carbocycles. The molecule has 3 N–H and O–H groups in total. The van der Waals surface area contributed by atoms with Crippen molar-refractivity contribution >= 4 is 0 Å². The quantitative estimate of drug-likeness (QED) is 0.553. The molecule has 0 saturated heterocycles. The minimum Gasteiger partial charge on any atom is -0.396 e. The number of hydrogen-bond acceptors (Lipinski definition) is 4. The Morgan fingerprint density at radius 3 is 2.50 bits per heavy atom. The summed E-state index contributed by atoms with van der Waals surface area (Å²) in [5.41, 5.74) is 6.14. The van der Waals surface area contributed by atoms with Crippen molar-refractivity contribution in [3.05, 3.63) is 0 Å². The lowest BCUT2D eigenvalue weighted by atomic mass is 10.1. The van der Waals surface area contributed by atoms with Gasteiger partial charge in [-0.05, 0) is 33.6 Å². The smallest absolute Gasteiger partial charge is 0.0669 e. The van der Waals surface area contributed by atoms with Gasteiger partial charge in [0.2, 0.25) is 0 Å². The van der Waals surface area contributed by atoms with Gasteiger partial charge in [0.15, 0.2) is 0 Å². The highest BCUT2D eigenvalue weighted by Gasteiger charge is 2.10. The monoisotopic (exact) mass is 199 g/mol. The minimum absolute atomic E-state index is 0.0109. The molecule has 0 radical (unpaired) electrons. The van der Waals surface area contributed by atoms with Crippen molar-refractivity contribution < 1.29 is 5.11 Å². The summed E-state index contributed by atoms with van der Waals surface area (Å²) in [5, 5.41) is 17.4. The number of rotatable bonds is 6. The molecule has 0 bridgehead atoms. The maximum absolute atomic E-state index is 8.78. The topological polar surface area (TPSA) is 68.1 Å². The number of hydrogen-bond donors (Lipinski definition) is 3. The second-order valence-electron chi connectivity index (χ2n) is 4.45. The largest absolute Gasteiger partial charge is 0.396 e. The van der Waals surface area contributed by atoms with Crippen molar-refractivity contribution in [3.8, 4) is 6.07 Å². The summed E-state index contributed by atoms with van der Waals surface area (Å²) in [6.45, 7) is 6.93. The number of aliphatic hydroxyl groups is 1. The molecule has 4 nitrogen and oxygen atoms in total. The van der Waals surface area contributed by atoms with Crippen LogP contribution in [0, 0.1) is 17.2 Å². The molecular formula is C10H21N3O. The van der Waals surface area contributed by atoms with Gasteiger partial charge in [0.25, 0.3) is 0 Å². The lowest BCUT2D eigenvalue weighted by Gasteiger charge is -2.22. The Labute approximate surface area is 86.3 Å². The van der Waals surface area contributed by atoms with Crippen LogP contribution in [0.25, 0.3) is 0 Å². The summed E-state index contributed by atoms with van der Waals surface area (Å²) in [4.78, 5) is 0. The van der Waals surface area contributed by atoms with Crippen LogP contribution in [0.1, 0.15) is 33.6 Å². The molecule has 0 amide bonds. The molecule has 0 aliphatic rings. The Bertz CT molecular complexity index is 181. The van der Waals surface area contributed by atoms with Crippen LogP contribution in [0.15, 0.2) is 0 Å². The summed E-state index contributed by atoms with van der Waals surface area (Å²) in [5.74, 6) is -0.0306. The zero-order chi connectivity index (χ0) is 11.0. The zero-order valence-corrected chi connectivity index (χ0v) is 9.30. The fraction of sp³-hybridized carbons (Fsp3) is 0.900. The van der Waals surface area contributed by atoms with E-state index in [1.54, 1.807) is 0 Å². The lowest BCUT2D eigenvalue weighted by molar-refractivity contribution is 0.272. The Balaban J connectivity index is 3.59. The van der Waals surface area contributed by atoms with Crippen LogP contribution in [-0.4, -0.2) is 23.8 Å². The maximum Gasteiger partial charge on any atom is 0.0669 e. The molecule has 0 fully saturated rings. The predicted molar refractivity (Wildman–Crippen MR) is 56.3 cm³/mol. The summed E-state index contributed by atoms with van der Waals surface area (Å²) in [6.07, 6.45) is 1.43. The predicted octanol–water partition coefficient (Wildman–Crippen LogP) is 0.791. The van der Waals surface area contributed by atoms with Crippen molar-refractivity contribution in [1.29, 1.82) is 5.26 Å². The van der Waals surface area contributed by atoms with Gasteiger partial charge < -0.3 is 5.11 Å². The highest BCUT2D eigenvalue weighted by atomic mass is 16.2. The van der Waals surface area contributed by atoms with Gasteiger partial charge in [-0.1, -0.05) is 0 Å². The van der Waals surface area contributed by atoms with Gasteiger partial charge in [0.1, 0.15) is 0 Å². The van der Waals surface area contributed by atoms with Crippen LogP contribution < -0.4 is 10.9 Å². The van der Waals surface area contributed by atoms with E-state index in [2.05, 4.69) is 37.7 Å². The second-order valence-corrected chi connectivity index (χ2v) is 4.45. The molecular weight excluding hydrogens is 178 g/mol. The average molecular weight is 199 g/mol. The van der Waals surface area contributed by atoms with Crippen molar-refractivity contribution in [2.75, 3.05) is 13.2 Å². The standard InChI is InChI=1S/C10H21N3O/c1-10(2,3)13-12-8-9(7-11)5-4-6-14/h9,12-14H,4-6,8H2,1-3H3. The molecule has 0 saturated carbocycles. The van der Waals surface area contributed by atoms with E-state index in [9.17, 15) is 0 Å². The molecule has 82 valence electrons. The molecule has 1 unspecified atom stereocenters. The normalized spacial score (nSPS) is 13.6. The average Bonchev–Trinajstić information content (AvgIpc) is 2.09. The summed E-state index contributed by atoms with van der Waals surface area (Å²) >= 11 is 0. The third kappa shape index (κ3) is 7.99. The molecule has 0 rings (SSSR count). The number of nitrogens with one attached hydrogen (secondary N) is 2. The first-order chi connectivity index (χ1) is 6.49. The Kier molecular flexibility index (Phi) is 6.46. The number of nitriles is 1. The first kappa shape index (κ1) is 13.4. The van der Waals surface area contributed by atoms with Gasteiger partial charge >= 0.3 is 0 Å². The van der Waals surface area contributed by atoms with Crippen LogP contribution >= 0.6 is 0 Å². The van der Waals surface area contributed by atoms with E-state index in [1.807, 2.05) is 0 Å². The van der Waals surface area contributed by atoms with E-state index >= 15 is 0 Å². The van der Waals surface area contributed by atoms with Crippen LogP contribution in [0.2, 0.25) is 0 Å². The fourth-order valence-corrected chi connectivity index (χ4v) is 0.989. The Hall–Kier alpha value is -0.630. The van der Waals surface area contributed by atoms with Gasteiger partial charge in [-0.25, -0.2) is 0 Å². The summed E-state index contributed by atoms with van der Waals surface area (Å²) < 4.78 is 0. The van der Waals surface area contributed by atoms with Gasteiger partial charge in [-0.2, -0.15) is 5.26 Å². The van der Waals surface area contributed by atoms with Crippen molar-refractivity contribution in [1.82, 2.24) is 10.9 Å². The van der Waals surface area contributed by atoms with E-state index in [0.717, 1.165) is 6.42 Å². The molecule has 0 aromatic carbocycles. The SMILES string of the molecule is CC(C)(C)NNCC(C#N)CCCO. The van der Waals surface area contributed by atoms with E-state index in [-0.39, 0.29) is 18.1 Å². The van der Waals surface area contributed by atoms with E-state index in [1.165, 1.54) is 0 Å². The van der Waals surface area contributed by atoms with E-state index in [0.29, 0.717) is 13.0 Å². The van der Waals surface area contributed by atoms with Gasteiger partial charge in [0, 0.05) is 18.7 Å². The molecule has 0 spiro atoms. The number of hydrazine groups is 1. The highest BCUT2D eigenvalue weighted by molar-refractivity contribution is 4.84. The number of nitrogens with zero attached hydrogens (tertiary/aromatic N) is 1. The molecule has 0 heterocycles. The van der Waals surface area contributed by atoms with Crippen LogP contribution in [0.4, 0.5) is 0 Å². The Morgan fingerprint density at radius 2 is 2.07 bits per heavy atom. The van der Waals surface area contributed by atoms with Crippen molar-refractivity contribution in [2.24, 2.45) is 5.92 Å². The first-order valence-corrected chi connectivity index (χ1v) is 5.00. The Morgan fingerprint density at radius 1 is 1.43 bits per heavy atom. The zero-order valence-electron chi connectivity index (χ0n) is 9.30. The minimum atomic E-state index is -0.0306. The van der Waals surface area contributed by atoms with Crippen LogP contribution in [0.5, 0.6) is 0 Å². The van der Waals surface area contributed by atoms with Gasteiger partial charge in [-0.15, -0.1) is 0 Å². The molecule has 0 aliphatic heterocycles. The molecule has 14 heavy (non-hydrogen) atoms. The molecule has 4 heteroatoms. The summed E-state index contributed by atoms with van der Waals surface area (Å²) in [6, 6.07) is 2.21. The molecule has 1 atom stereocenters. The van der Waals surface area contributed by atoms with Crippen LogP contribution in [0.3, 0.4) is 0 Å². The summed E-state index contributed by atoms with van der Waals surface area (Å²) in [7, 11) is 0. The van der Waals surface area contributed by atoms with Gasteiger partial charge in [0.05, 0.1) is 12.0 Å². The lowest BCUT2D eigenvalue weighted by Crippen LogP contribution is -2.47. The van der Waals surface area contributed by atoms with Crippen molar-refractivity contribution in [3.63, 3.8) is 0 Å². The fourth-order valence-electron chi connectivity index (χ4n) is 0.989. The van der Waals surface area contributed by atoms with E-state index < -0.39 is 0 Å². The van der Waals surface area contributed by atoms with Crippen LogP contribution in [-0.2, 0) is 0 Å². The third-order valence-corrected chi connectivity index (χ3v) is 1.71. The van der Waals surface area contributed by atoms with Crippen molar-refractivity contribution in [2.45, 2.75) is 39.2 Å². The first-order valence-electron chi connectivity index (χ1n) is 5.00. The highest BCUT2D eigenvalue weighted by Crippen LogP contribution is 2.03. The molecule has 0 aromatic rings. The second kappa shape index (κ2) is 6.77. The third-order valence-electron chi connectivity index (χ3n) is 1.71. The number of aliphatic hydroxyl groups excluding tert-OH is 1. The maximum atomic E-state index is 8.78. The molecule has 0 aromatic heterocycles.